The largest absolute Gasteiger partial charge is 0.358 e. The summed E-state index contributed by atoms with van der Waals surface area (Å²) < 4.78 is 0. The molecular formula is C30H27N3Si. The van der Waals surface area contributed by atoms with Crippen LogP contribution in [0, 0.1) is 0 Å². The molecule has 3 aliphatic heterocycles. The van der Waals surface area contributed by atoms with Gasteiger partial charge in [-0.2, -0.15) is 0 Å². The third kappa shape index (κ3) is 2.46. The van der Waals surface area contributed by atoms with E-state index in [0.717, 1.165) is 6.42 Å². The number of likely N-dealkylation sites (N-methyl/N-ethyl adjacent to an activating group) is 1. The van der Waals surface area contributed by atoms with E-state index in [1.54, 1.807) is 0 Å². The number of hydrogen-bond acceptors (Lipinski definition) is 3. The highest BCUT2D eigenvalue weighted by molar-refractivity contribution is 7.21. The van der Waals surface area contributed by atoms with Crippen molar-refractivity contribution in [2.24, 2.45) is 0 Å². The van der Waals surface area contributed by atoms with Crippen LogP contribution in [0.2, 0.25) is 0 Å². The summed E-state index contributed by atoms with van der Waals surface area (Å²) in [4.78, 5) is 7.22. The second-order valence-electron chi connectivity index (χ2n) is 9.61. The van der Waals surface area contributed by atoms with Crippen LogP contribution >= 0.6 is 0 Å². The molecule has 4 aromatic carbocycles. The predicted octanol–water partition coefficient (Wildman–Crippen LogP) is 3.25. The molecule has 0 radical (unpaired) electrons. The van der Waals surface area contributed by atoms with Crippen LogP contribution in [0.3, 0.4) is 0 Å². The number of nitrogens with zero attached hydrogens (tertiary/aromatic N) is 3. The Kier molecular flexibility index (Phi) is 4.12. The van der Waals surface area contributed by atoms with Gasteiger partial charge >= 0.3 is 0 Å². The van der Waals surface area contributed by atoms with Crippen LogP contribution in [-0.2, 0) is 6.42 Å². The summed E-state index contributed by atoms with van der Waals surface area (Å²) in [6.45, 7) is 0. The average molecular weight is 458 g/mol. The highest BCUT2D eigenvalue weighted by Crippen LogP contribution is 2.41. The van der Waals surface area contributed by atoms with E-state index in [-0.39, 0.29) is 0 Å². The third-order valence-corrected chi connectivity index (χ3v) is 12.8. The van der Waals surface area contributed by atoms with Crippen molar-refractivity contribution in [1.82, 2.24) is 4.90 Å². The average Bonchev–Trinajstić information content (AvgIpc) is 3.44. The number of benzene rings is 4. The Labute approximate surface area is 202 Å². The molecule has 166 valence electrons. The van der Waals surface area contributed by atoms with Gasteiger partial charge in [-0.1, -0.05) is 78.9 Å². The lowest BCUT2D eigenvalue weighted by molar-refractivity contribution is 0.369. The van der Waals surface area contributed by atoms with E-state index in [2.05, 4.69) is 138 Å². The summed E-state index contributed by atoms with van der Waals surface area (Å²) in [5.74, 6) is 0. The summed E-state index contributed by atoms with van der Waals surface area (Å²) in [5.41, 5.74) is 5.48. The molecule has 0 saturated carbocycles. The van der Waals surface area contributed by atoms with Gasteiger partial charge in [0.2, 0.25) is 0 Å². The number of fused-ring (bicyclic) bond motifs is 5. The van der Waals surface area contributed by atoms with Crippen molar-refractivity contribution < 1.29 is 0 Å². The molecule has 4 aromatic rings. The lowest BCUT2D eigenvalue weighted by Gasteiger charge is -2.44. The predicted molar refractivity (Wildman–Crippen MR) is 145 cm³/mol. The molecule has 3 heterocycles. The zero-order valence-corrected chi connectivity index (χ0v) is 20.5. The molecule has 0 spiro atoms. The Bertz CT molecular complexity index is 1390. The van der Waals surface area contributed by atoms with Gasteiger partial charge in [-0.3, -0.25) is 0 Å². The van der Waals surface area contributed by atoms with Crippen LogP contribution in [0.1, 0.15) is 5.56 Å². The molecule has 0 aliphatic carbocycles. The zero-order chi connectivity index (χ0) is 22.9. The molecule has 0 fully saturated rings. The van der Waals surface area contributed by atoms with Crippen LogP contribution in [0.5, 0.6) is 0 Å². The van der Waals surface area contributed by atoms with E-state index in [4.69, 9.17) is 0 Å². The third-order valence-electron chi connectivity index (χ3n) is 7.98. The summed E-state index contributed by atoms with van der Waals surface area (Å²) in [5, 5.41) is 5.82. The fourth-order valence-electron chi connectivity index (χ4n) is 6.38. The Balaban J connectivity index is 1.61. The molecule has 0 N–H and O–H groups in total. The number of anilines is 3. The molecule has 3 aliphatic rings. The highest BCUT2D eigenvalue weighted by atomic mass is 28.3. The van der Waals surface area contributed by atoms with Crippen LogP contribution in [0.15, 0.2) is 109 Å². The molecule has 7 rings (SSSR count). The van der Waals surface area contributed by atoms with Crippen molar-refractivity contribution in [2.45, 2.75) is 12.6 Å². The number of hydrogen-bond donors (Lipinski definition) is 0. The van der Waals surface area contributed by atoms with Crippen molar-refractivity contribution in [3.05, 3.63) is 115 Å². The van der Waals surface area contributed by atoms with Crippen LogP contribution in [0.25, 0.3) is 0 Å². The van der Waals surface area contributed by atoms with E-state index < -0.39 is 8.07 Å². The molecule has 4 heteroatoms. The molecule has 3 nitrogen and oxygen atoms in total. The summed E-state index contributed by atoms with van der Waals surface area (Å²) in [6.07, 6.45) is 5.88. The number of para-hydroxylation sites is 1. The van der Waals surface area contributed by atoms with Gasteiger partial charge in [0.15, 0.2) is 8.07 Å². The minimum atomic E-state index is -2.53. The van der Waals surface area contributed by atoms with Gasteiger partial charge in [0.25, 0.3) is 0 Å². The molecule has 34 heavy (non-hydrogen) atoms. The topological polar surface area (TPSA) is 9.72 Å². The fraction of sp³-hybridized carbons (Fsp3) is 0.133. The van der Waals surface area contributed by atoms with E-state index in [1.807, 2.05) is 0 Å². The maximum absolute atomic E-state index is 2.53. The molecule has 0 saturated heterocycles. The summed E-state index contributed by atoms with van der Waals surface area (Å²) >= 11 is 0. The minimum Gasteiger partial charge on any atom is -0.358 e. The van der Waals surface area contributed by atoms with Gasteiger partial charge in [-0.25, -0.2) is 0 Å². The number of rotatable bonds is 2. The quantitative estimate of drug-likeness (QED) is 0.428. The molecular weight excluding hydrogens is 430 g/mol. The minimum absolute atomic E-state index is 0.385. The maximum atomic E-state index is 2.53. The van der Waals surface area contributed by atoms with Crippen molar-refractivity contribution in [3.63, 3.8) is 0 Å². The molecule has 1 atom stereocenters. The van der Waals surface area contributed by atoms with Gasteiger partial charge in [-0.05, 0) is 44.5 Å². The van der Waals surface area contributed by atoms with Crippen LogP contribution in [-0.4, -0.2) is 33.2 Å². The van der Waals surface area contributed by atoms with E-state index >= 15 is 0 Å². The van der Waals surface area contributed by atoms with Crippen molar-refractivity contribution >= 4 is 45.9 Å². The van der Waals surface area contributed by atoms with Gasteiger partial charge in [0, 0.05) is 50.0 Å². The van der Waals surface area contributed by atoms with Crippen molar-refractivity contribution in [2.75, 3.05) is 23.9 Å². The Hall–Kier alpha value is -3.76. The van der Waals surface area contributed by atoms with E-state index in [1.165, 1.54) is 43.4 Å². The van der Waals surface area contributed by atoms with Gasteiger partial charge in [0.1, 0.15) is 6.17 Å². The molecule has 1 unspecified atom stereocenters. The Morgan fingerprint density at radius 2 is 1.29 bits per heavy atom. The molecule has 0 bridgehead atoms. The Morgan fingerprint density at radius 1 is 0.647 bits per heavy atom. The van der Waals surface area contributed by atoms with E-state index in [9.17, 15) is 0 Å². The van der Waals surface area contributed by atoms with Crippen LogP contribution < -0.4 is 30.5 Å². The monoisotopic (exact) mass is 457 g/mol. The second kappa shape index (κ2) is 7.12. The second-order valence-corrected chi connectivity index (χ2v) is 13.3. The zero-order valence-electron chi connectivity index (χ0n) is 19.5. The lowest BCUT2D eigenvalue weighted by Crippen LogP contribution is -2.77. The standard InChI is InChI=1S/C30H27N3Si/c1-31-17-18-33-26-21-29-27(19-22(26)20-30(31)33)32(2)25-15-9-10-16-28(25)34(29,23-11-5-3-6-12-23)24-13-7-4-8-14-24/h3-19,21,30H,20H2,1-2H3. The first-order valence-corrected chi connectivity index (χ1v) is 14.0. The normalized spacial score (nSPS) is 19.0. The van der Waals surface area contributed by atoms with Gasteiger partial charge < -0.3 is 14.7 Å². The fourth-order valence-corrected chi connectivity index (χ4v) is 11.6. The van der Waals surface area contributed by atoms with Crippen molar-refractivity contribution in [1.29, 1.82) is 0 Å². The van der Waals surface area contributed by atoms with Crippen molar-refractivity contribution in [3.8, 4) is 0 Å². The lowest BCUT2D eigenvalue weighted by atomic mass is 10.1. The molecule has 0 amide bonds. The summed E-state index contributed by atoms with van der Waals surface area (Å²) in [7, 11) is 1.89. The van der Waals surface area contributed by atoms with E-state index in [0.29, 0.717) is 6.17 Å². The SMILES string of the molecule is CN1c2ccccc2[Si](c2ccccc2)(c2ccccc2)c2cc3c(cc21)CC1N(C)C=CN31. The first-order valence-electron chi connectivity index (χ1n) is 12.0. The first kappa shape index (κ1) is 19.7. The highest BCUT2D eigenvalue weighted by Gasteiger charge is 2.49. The van der Waals surface area contributed by atoms with Gasteiger partial charge in [0.05, 0.1) is 0 Å². The maximum Gasteiger partial charge on any atom is 0.184 e. The first-order chi connectivity index (χ1) is 16.7. The molecule has 0 aromatic heterocycles. The van der Waals surface area contributed by atoms with Crippen LogP contribution in [0.4, 0.5) is 17.1 Å². The smallest absolute Gasteiger partial charge is 0.184 e. The Morgan fingerprint density at radius 3 is 2.00 bits per heavy atom. The van der Waals surface area contributed by atoms with Gasteiger partial charge in [-0.15, -0.1) is 0 Å². The summed E-state index contributed by atoms with van der Waals surface area (Å²) in [6, 6.07) is 36.6.